The lowest BCUT2D eigenvalue weighted by Crippen LogP contribution is -2.40. The predicted molar refractivity (Wildman–Crippen MR) is 187 cm³/mol. The number of fused-ring (bicyclic) bond motifs is 1. The molecule has 9 heteroatoms. The molecule has 0 saturated carbocycles. The van der Waals surface area contributed by atoms with Crippen molar-refractivity contribution in [2.45, 2.75) is 42.9 Å². The maximum absolute atomic E-state index is 14.3. The largest absolute Gasteiger partial charge is 0.468 e. The summed E-state index contributed by atoms with van der Waals surface area (Å²) in [7, 11) is 0.284. The first kappa shape index (κ1) is 34.3. The van der Waals surface area contributed by atoms with Crippen LogP contribution in [0.25, 0.3) is 10.8 Å². The van der Waals surface area contributed by atoms with E-state index in [2.05, 4.69) is 17.0 Å². The smallest absolute Gasteiger partial charge is 0.325 e. The highest BCUT2D eigenvalue weighted by molar-refractivity contribution is 7.84. The van der Waals surface area contributed by atoms with Crippen molar-refractivity contribution in [2.24, 2.45) is 0 Å². The first-order chi connectivity index (χ1) is 22.7. The second kappa shape index (κ2) is 15.7. The topological polar surface area (TPSA) is 90.7 Å². The van der Waals surface area contributed by atoms with E-state index in [1.54, 1.807) is 23.3 Å². The minimum absolute atomic E-state index is 0.118. The van der Waals surface area contributed by atoms with Crippen LogP contribution in [0.3, 0.4) is 0 Å². The van der Waals surface area contributed by atoms with E-state index >= 15 is 0 Å². The van der Waals surface area contributed by atoms with Gasteiger partial charge in [0.2, 0.25) is 0 Å². The third kappa shape index (κ3) is 8.28. The third-order valence-corrected chi connectivity index (χ3v) is 10.6. The summed E-state index contributed by atoms with van der Waals surface area (Å²) < 4.78 is 17.4. The zero-order valence-electron chi connectivity index (χ0n) is 27.1. The number of carbonyl (C=O) groups excluding carboxylic acids is 2. The van der Waals surface area contributed by atoms with E-state index in [-0.39, 0.29) is 24.9 Å². The number of likely N-dealkylation sites (tertiary alicyclic amines) is 1. The van der Waals surface area contributed by atoms with Gasteiger partial charge >= 0.3 is 5.97 Å². The molecule has 0 aliphatic carbocycles. The number of esters is 1. The number of ether oxygens (including phenoxy) is 1. The van der Waals surface area contributed by atoms with E-state index in [0.29, 0.717) is 22.1 Å². The number of benzene rings is 4. The monoisotopic (exact) mass is 669 g/mol. The zero-order chi connectivity index (χ0) is 33.5. The van der Waals surface area contributed by atoms with Gasteiger partial charge in [0.25, 0.3) is 5.91 Å². The molecule has 0 radical (unpaired) electrons. The van der Waals surface area contributed by atoms with Crippen molar-refractivity contribution in [3.8, 4) is 6.07 Å². The maximum atomic E-state index is 14.3. The number of nitriles is 1. The summed E-state index contributed by atoms with van der Waals surface area (Å²) in [4.78, 5) is 31.8. The van der Waals surface area contributed by atoms with Crippen LogP contribution in [0.4, 0.5) is 0 Å². The van der Waals surface area contributed by atoms with Gasteiger partial charge in [-0.15, -0.1) is 0 Å². The normalized spacial score (nSPS) is 15.1. The fraction of sp³-hybridized carbons (Fsp3) is 0.342. The molecule has 4 aromatic carbocycles. The molecule has 1 fully saturated rings. The number of halogens is 1. The number of rotatable bonds is 11. The molecule has 1 amide bonds. The summed E-state index contributed by atoms with van der Waals surface area (Å²) in [6.07, 6.45) is 4.43. The summed E-state index contributed by atoms with van der Waals surface area (Å²) in [6, 6.07) is 27.0. The van der Waals surface area contributed by atoms with Gasteiger partial charge in [-0.2, -0.15) is 5.26 Å². The fourth-order valence-corrected chi connectivity index (χ4v) is 7.57. The third-order valence-electron chi connectivity index (χ3n) is 9.21. The standard InChI is InChI=1S/C38H40ClN3O4S/c1-26-12-13-29(22-35(26)39)31(16-19-41-17-14-28(15-18-41)33-10-6-7-11-36(33)47(3)45)24-42(25-37(43)46-2)38(44)34-21-27(23-40)20-30-8-4-5-9-32(30)34/h4-13,20-22,28,31H,14-19,24-25H2,1-3H3. The Kier molecular flexibility index (Phi) is 11.5. The highest BCUT2D eigenvalue weighted by Crippen LogP contribution is 2.33. The molecule has 47 heavy (non-hydrogen) atoms. The molecular weight excluding hydrogens is 630 g/mol. The van der Waals surface area contributed by atoms with E-state index in [4.69, 9.17) is 16.3 Å². The van der Waals surface area contributed by atoms with Crippen LogP contribution in [0, 0.1) is 18.3 Å². The van der Waals surface area contributed by atoms with Gasteiger partial charge in [-0.1, -0.05) is 66.2 Å². The van der Waals surface area contributed by atoms with Gasteiger partial charge < -0.3 is 14.5 Å². The summed E-state index contributed by atoms with van der Waals surface area (Å²) in [5.74, 6) is -0.604. The SMILES string of the molecule is COC(=O)CN(CC(CCN1CCC(c2ccccc2S(C)=O)CC1)c1ccc(C)c(Cl)c1)C(=O)c1cc(C#N)cc2ccccc12. The van der Waals surface area contributed by atoms with Crippen molar-refractivity contribution in [1.82, 2.24) is 9.80 Å². The average Bonchev–Trinajstić information content (AvgIpc) is 3.10. The summed E-state index contributed by atoms with van der Waals surface area (Å²) >= 11 is 6.60. The van der Waals surface area contributed by atoms with Gasteiger partial charge in [0.05, 0.1) is 29.5 Å². The Labute approximate surface area is 284 Å². The van der Waals surface area contributed by atoms with Gasteiger partial charge in [-0.3, -0.25) is 13.8 Å². The Morgan fingerprint density at radius 3 is 2.49 bits per heavy atom. The molecule has 244 valence electrons. The molecule has 2 atom stereocenters. The van der Waals surface area contributed by atoms with E-state index in [1.807, 2.05) is 67.6 Å². The Morgan fingerprint density at radius 1 is 1.06 bits per heavy atom. The number of carbonyl (C=O) groups is 2. The molecule has 0 spiro atoms. The van der Waals surface area contributed by atoms with Gasteiger partial charge in [0, 0.05) is 34.2 Å². The number of nitrogens with zero attached hydrogens (tertiary/aromatic N) is 3. The lowest BCUT2D eigenvalue weighted by atomic mass is 9.88. The minimum Gasteiger partial charge on any atom is -0.468 e. The lowest BCUT2D eigenvalue weighted by Gasteiger charge is -2.34. The number of aryl methyl sites for hydroxylation is 1. The molecule has 1 aliphatic heterocycles. The first-order valence-electron chi connectivity index (χ1n) is 15.9. The second-order valence-electron chi connectivity index (χ2n) is 12.2. The minimum atomic E-state index is -1.03. The quantitative estimate of drug-likeness (QED) is 0.159. The number of hydrogen-bond acceptors (Lipinski definition) is 6. The first-order valence-corrected chi connectivity index (χ1v) is 17.8. The van der Waals surface area contributed by atoms with Crippen LogP contribution in [0.5, 0.6) is 0 Å². The van der Waals surface area contributed by atoms with Crippen LogP contribution in [0.2, 0.25) is 5.02 Å². The highest BCUT2D eigenvalue weighted by atomic mass is 35.5. The van der Waals surface area contributed by atoms with Crippen molar-refractivity contribution < 1.29 is 18.5 Å². The molecule has 4 aromatic rings. The van der Waals surface area contributed by atoms with E-state index in [1.165, 1.54) is 12.7 Å². The van der Waals surface area contributed by atoms with Crippen LogP contribution in [0.15, 0.2) is 83.8 Å². The molecule has 0 bridgehead atoms. The van der Waals surface area contributed by atoms with Crippen LogP contribution in [-0.4, -0.2) is 72.0 Å². The van der Waals surface area contributed by atoms with E-state index in [9.17, 15) is 19.1 Å². The molecule has 7 nitrogen and oxygen atoms in total. The highest BCUT2D eigenvalue weighted by Gasteiger charge is 2.28. The predicted octanol–water partition coefficient (Wildman–Crippen LogP) is 7.08. The van der Waals surface area contributed by atoms with Gasteiger partial charge in [-0.05, 0) is 103 Å². The van der Waals surface area contributed by atoms with Crippen LogP contribution in [-0.2, 0) is 20.3 Å². The van der Waals surface area contributed by atoms with Gasteiger partial charge in [-0.25, -0.2) is 0 Å². The average molecular weight is 670 g/mol. The van der Waals surface area contributed by atoms with Gasteiger partial charge in [0.1, 0.15) is 6.54 Å². The molecular formula is C38H40ClN3O4S. The van der Waals surface area contributed by atoms with Crippen molar-refractivity contribution in [2.75, 3.05) is 46.1 Å². The fourth-order valence-electron chi connectivity index (χ4n) is 6.54. The Morgan fingerprint density at radius 2 is 1.79 bits per heavy atom. The van der Waals surface area contributed by atoms with Crippen molar-refractivity contribution >= 4 is 45.0 Å². The van der Waals surface area contributed by atoms with E-state index in [0.717, 1.165) is 65.7 Å². The molecule has 1 saturated heterocycles. The maximum Gasteiger partial charge on any atom is 0.325 e. The van der Waals surface area contributed by atoms with Crippen LogP contribution < -0.4 is 0 Å². The number of methoxy groups -OCH3 is 1. The molecule has 2 unspecified atom stereocenters. The lowest BCUT2D eigenvalue weighted by molar-refractivity contribution is -0.141. The second-order valence-corrected chi connectivity index (χ2v) is 14.0. The van der Waals surface area contributed by atoms with Crippen molar-refractivity contribution in [3.05, 3.63) is 112 Å². The summed E-state index contributed by atoms with van der Waals surface area (Å²) in [6.45, 7) is 4.63. The Bertz CT molecular complexity index is 1830. The van der Waals surface area contributed by atoms with Crippen LogP contribution >= 0.6 is 11.6 Å². The van der Waals surface area contributed by atoms with Gasteiger partial charge in [0.15, 0.2) is 0 Å². The molecule has 5 rings (SSSR count). The number of hydrogen-bond donors (Lipinski definition) is 0. The number of amides is 1. The van der Waals surface area contributed by atoms with Crippen molar-refractivity contribution in [3.63, 3.8) is 0 Å². The van der Waals surface area contributed by atoms with Crippen molar-refractivity contribution in [1.29, 1.82) is 5.26 Å². The summed E-state index contributed by atoms with van der Waals surface area (Å²) in [5.41, 5.74) is 3.90. The van der Waals surface area contributed by atoms with E-state index < -0.39 is 16.8 Å². The zero-order valence-corrected chi connectivity index (χ0v) is 28.7. The Hall–Kier alpha value is -4.03. The Balaban J connectivity index is 1.39. The van der Waals surface area contributed by atoms with Crippen LogP contribution in [0.1, 0.15) is 63.7 Å². The molecule has 0 aromatic heterocycles. The summed E-state index contributed by atoms with van der Waals surface area (Å²) in [5, 5.41) is 11.9. The molecule has 1 heterocycles. The number of piperidine rings is 1. The molecule has 0 N–H and O–H groups in total. The molecule has 1 aliphatic rings.